The number of hydrogen-bond acceptors (Lipinski definition) is 5. The molecular weight excluding hydrogens is 1020 g/mol. The van der Waals surface area contributed by atoms with Crippen LogP contribution < -0.4 is 0 Å². The summed E-state index contributed by atoms with van der Waals surface area (Å²) in [6, 6.07) is 43.1. The first-order valence-corrected chi connectivity index (χ1v) is 23.4. The van der Waals surface area contributed by atoms with Crippen molar-refractivity contribution in [3.63, 3.8) is 0 Å². The van der Waals surface area contributed by atoms with Crippen LogP contribution in [0.4, 0.5) is 0 Å². The molecule has 5 aromatic carbocycles. The van der Waals surface area contributed by atoms with Gasteiger partial charge in [0.1, 0.15) is 5.58 Å². The zero-order chi connectivity index (χ0) is 56.6. The van der Waals surface area contributed by atoms with Crippen LogP contribution in [0.3, 0.4) is 0 Å². The Bertz CT molecular complexity index is 3720. The number of furan rings is 1. The van der Waals surface area contributed by atoms with E-state index in [1.165, 1.54) is 18.6 Å². The molecule has 2 saturated carbocycles. The summed E-state index contributed by atoms with van der Waals surface area (Å²) in [7, 11) is 0. The summed E-state index contributed by atoms with van der Waals surface area (Å²) < 4.78 is 124. The number of rotatable bonds is 14. The van der Waals surface area contributed by atoms with Gasteiger partial charge >= 0.3 is 20.1 Å². The Balaban J connectivity index is 0.00000736. The zero-order valence-corrected chi connectivity index (χ0v) is 40.4. The maximum Gasteiger partial charge on any atom is 3.00 e. The monoisotopic (exact) mass is 1090 g/mol. The van der Waals surface area contributed by atoms with E-state index in [1.807, 2.05) is 42.5 Å². The maximum atomic E-state index is 9.92. The van der Waals surface area contributed by atoms with E-state index >= 15 is 0 Å². The minimum absolute atomic E-state index is 0. The van der Waals surface area contributed by atoms with Gasteiger partial charge in [-0.3, -0.25) is 0 Å². The predicted molar refractivity (Wildman–Crippen MR) is 273 cm³/mol. The SMILES string of the molecule is [2H]C([2H])(c1cc(C([2H])([2H])C([2H])([2H])c2cnc(-c3[c-]cccc3)cc2C2CCCC2)cc(C([2H])([2H])C([2H])([2H])c2cnc(-c3[c-]cccc3)cc2C2CCCC2)c1)C([2H])([2H])c1cnc(-c2[c-]ccc3c2oc2cc(C#N)ccc23)cc1C.[Ir+3]. The van der Waals surface area contributed by atoms with Crippen LogP contribution in [-0.4, -0.2) is 15.0 Å². The van der Waals surface area contributed by atoms with Gasteiger partial charge in [0.25, 0.3) is 0 Å². The Hall–Kier alpha value is -6.51. The van der Waals surface area contributed by atoms with E-state index in [4.69, 9.17) is 4.42 Å². The van der Waals surface area contributed by atoms with E-state index in [0.29, 0.717) is 61.6 Å². The molecule has 0 amide bonds. The molecule has 5 nitrogen and oxygen atoms in total. The minimum Gasteiger partial charge on any atom is -0.501 e. The number of nitrogens with zero attached hydrogens (tertiary/aromatic N) is 4. The Kier molecular flexibility index (Phi) is 10.3. The van der Waals surface area contributed by atoms with Crippen LogP contribution in [-0.2, 0) is 58.3 Å². The normalized spacial score (nSPS) is 17.9. The van der Waals surface area contributed by atoms with Gasteiger partial charge in [-0.05, 0) is 156 Å². The fourth-order valence-electron chi connectivity index (χ4n) is 9.79. The maximum absolute atomic E-state index is 9.92. The molecule has 0 N–H and O–H groups in total. The minimum atomic E-state index is -3.14. The smallest absolute Gasteiger partial charge is 0.501 e. The van der Waals surface area contributed by atoms with Crippen molar-refractivity contribution in [3.8, 4) is 39.8 Å². The summed E-state index contributed by atoms with van der Waals surface area (Å²) in [6.07, 6.45) is -7.84. The summed E-state index contributed by atoms with van der Waals surface area (Å²) in [5.74, 6) is -0.268. The molecule has 0 bridgehead atoms. The molecule has 342 valence electrons. The molecule has 0 spiro atoms. The van der Waals surface area contributed by atoms with Gasteiger partial charge in [-0.25, -0.2) is 0 Å². The second kappa shape index (κ2) is 21.0. The molecule has 0 atom stereocenters. The van der Waals surface area contributed by atoms with Crippen molar-refractivity contribution in [2.45, 2.75) is 108 Å². The van der Waals surface area contributed by atoms with Crippen molar-refractivity contribution < 1.29 is 41.0 Å². The van der Waals surface area contributed by atoms with Gasteiger partial charge in [0.05, 0.1) is 17.2 Å². The Morgan fingerprint density at radius 1 is 0.580 bits per heavy atom. The standard InChI is InChI=1S/C63H55N4O.Ir/c1-42-31-61(56-22-12-21-55-54-30-26-46(38-64)35-62(54)68-63(55)56)67-39-51(42)27-23-43-32-44(24-28-52-40-65-59(49-17-4-2-5-18-49)36-57(52)47-13-8-9-14-47)34-45(33-43)25-29-53-41-66-60(50-19-6-3-7-20-50)37-58(53)48-15-10-11-16-48;/h2-7,12,17,19,21,26,30-37,39-41,47-48H,8-11,13-16,23-25,27-29H2,1H3;/q-3;+3/i23D2,24D2,25D2,27D2,28D2,29D2;. The number of hydrogen-bond donors (Lipinski definition) is 0. The molecule has 0 saturated heterocycles. The van der Waals surface area contributed by atoms with Gasteiger partial charge in [0, 0.05) is 40.4 Å². The molecule has 2 fully saturated rings. The number of pyridine rings is 3. The van der Waals surface area contributed by atoms with E-state index in [2.05, 4.69) is 39.2 Å². The second-order valence-corrected chi connectivity index (χ2v) is 17.8. The van der Waals surface area contributed by atoms with E-state index < -0.39 is 54.9 Å². The topological polar surface area (TPSA) is 75.6 Å². The Labute approximate surface area is 437 Å². The third-order valence-electron chi connectivity index (χ3n) is 13.3. The second-order valence-electron chi connectivity index (χ2n) is 17.8. The molecule has 2 aliphatic rings. The third kappa shape index (κ3) is 10.1. The largest absolute Gasteiger partial charge is 3.00 e. The van der Waals surface area contributed by atoms with Crippen molar-refractivity contribution in [3.05, 3.63) is 208 Å². The van der Waals surface area contributed by atoms with Crippen LogP contribution in [0, 0.1) is 36.5 Å². The number of fused-ring (bicyclic) bond motifs is 3. The average Bonchev–Trinajstić information content (AvgIpc) is 4.49. The van der Waals surface area contributed by atoms with Crippen molar-refractivity contribution in [2.24, 2.45) is 0 Å². The summed E-state index contributed by atoms with van der Waals surface area (Å²) >= 11 is 0. The van der Waals surface area contributed by atoms with Crippen LogP contribution in [0.1, 0.15) is 135 Å². The van der Waals surface area contributed by atoms with Gasteiger partial charge < -0.3 is 19.4 Å². The number of aryl methyl sites for hydroxylation is 7. The molecule has 9 aromatic rings. The van der Waals surface area contributed by atoms with Gasteiger partial charge in [-0.15, -0.1) is 90.0 Å². The van der Waals surface area contributed by atoms with E-state index in [9.17, 15) is 21.7 Å². The molecule has 6 heteroatoms. The first kappa shape index (κ1) is 33.9. The van der Waals surface area contributed by atoms with Gasteiger partial charge in [-0.2, -0.15) is 5.26 Å². The van der Waals surface area contributed by atoms with Crippen LogP contribution in [0.15, 0.2) is 138 Å². The molecule has 2 aliphatic carbocycles. The summed E-state index contributed by atoms with van der Waals surface area (Å²) in [5.41, 5.74) is 4.03. The van der Waals surface area contributed by atoms with Gasteiger partial charge in [-0.1, -0.05) is 84.7 Å². The van der Waals surface area contributed by atoms with E-state index in [0.717, 1.165) is 80.3 Å². The fraction of sp³-hybridized carbons (Fsp3) is 0.270. The molecule has 4 aromatic heterocycles. The molecule has 0 aliphatic heterocycles. The molecule has 0 unspecified atom stereocenters. The van der Waals surface area contributed by atoms with Gasteiger partial charge in [0.2, 0.25) is 0 Å². The van der Waals surface area contributed by atoms with Crippen LogP contribution in [0.5, 0.6) is 0 Å². The van der Waals surface area contributed by atoms with Crippen molar-refractivity contribution in [1.29, 1.82) is 5.26 Å². The number of benzene rings is 5. The van der Waals surface area contributed by atoms with Crippen molar-refractivity contribution in [1.82, 2.24) is 15.0 Å². The summed E-state index contributed by atoms with van der Waals surface area (Å²) in [6.45, 7) is 1.60. The first-order valence-electron chi connectivity index (χ1n) is 29.4. The van der Waals surface area contributed by atoms with Crippen molar-refractivity contribution >= 4 is 21.9 Å². The molecule has 0 radical (unpaired) electrons. The molecular formula is C63H55IrN4O. The summed E-state index contributed by atoms with van der Waals surface area (Å²) in [4.78, 5) is 13.9. The quantitative estimate of drug-likeness (QED) is 0.101. The third-order valence-corrected chi connectivity index (χ3v) is 13.3. The number of aromatic nitrogens is 3. The molecule has 4 heterocycles. The summed E-state index contributed by atoms with van der Waals surface area (Å²) in [5, 5.41) is 11.0. The van der Waals surface area contributed by atoms with E-state index in [-0.39, 0.29) is 54.2 Å². The number of nitriles is 1. The first-order chi connectivity index (χ1) is 38.1. The average molecular weight is 1090 g/mol. The van der Waals surface area contributed by atoms with Crippen molar-refractivity contribution in [2.75, 3.05) is 0 Å². The zero-order valence-electron chi connectivity index (χ0n) is 50.0. The van der Waals surface area contributed by atoms with E-state index in [1.54, 1.807) is 61.5 Å². The van der Waals surface area contributed by atoms with Crippen LogP contribution in [0.25, 0.3) is 55.7 Å². The predicted octanol–water partition coefficient (Wildman–Crippen LogP) is 15.0. The van der Waals surface area contributed by atoms with Gasteiger partial charge in [0.15, 0.2) is 0 Å². The fourth-order valence-corrected chi connectivity index (χ4v) is 9.79. The van der Waals surface area contributed by atoms with Crippen LogP contribution in [0.2, 0.25) is 0 Å². The van der Waals surface area contributed by atoms with Crippen LogP contribution >= 0.6 is 0 Å². The molecule has 11 rings (SSSR count). The Morgan fingerprint density at radius 2 is 1.12 bits per heavy atom. The Morgan fingerprint density at radius 3 is 1.64 bits per heavy atom. The molecule has 69 heavy (non-hydrogen) atoms.